The third-order valence-corrected chi connectivity index (χ3v) is 18.3. The molecule has 1 saturated carbocycles. The van der Waals surface area contributed by atoms with E-state index in [0.29, 0.717) is 19.3 Å². The molecule has 0 bridgehead atoms. The van der Waals surface area contributed by atoms with Gasteiger partial charge in [-0.2, -0.15) is 0 Å². The Hall–Kier alpha value is -2.30. The number of hydrogen-bond donors (Lipinski definition) is 11. The van der Waals surface area contributed by atoms with Gasteiger partial charge in [0.25, 0.3) is 0 Å². The van der Waals surface area contributed by atoms with Crippen LogP contribution in [0.3, 0.4) is 0 Å². The van der Waals surface area contributed by atoms with Crippen LogP contribution < -0.4 is 0 Å². The zero-order chi connectivity index (χ0) is 66.8. The van der Waals surface area contributed by atoms with Gasteiger partial charge in [0.05, 0.1) is 13.2 Å². The number of esters is 3. The number of phosphoric acid groups is 1. The van der Waals surface area contributed by atoms with Gasteiger partial charge < -0.3 is 89.1 Å². The second kappa shape index (κ2) is 49.2. The highest BCUT2D eigenvalue weighted by atomic mass is 31.2. The summed E-state index contributed by atoms with van der Waals surface area (Å²) in [6.45, 7) is 3.37. The second-order valence-electron chi connectivity index (χ2n) is 25.2. The van der Waals surface area contributed by atoms with Crippen molar-refractivity contribution in [2.45, 2.75) is 362 Å². The van der Waals surface area contributed by atoms with Gasteiger partial charge in [0.15, 0.2) is 18.7 Å². The summed E-state index contributed by atoms with van der Waals surface area (Å²) < 4.78 is 64.7. The Morgan fingerprint density at radius 1 is 0.418 bits per heavy atom. The van der Waals surface area contributed by atoms with Crippen LogP contribution in [0.1, 0.15) is 258 Å². The summed E-state index contributed by atoms with van der Waals surface area (Å²) >= 11 is 0. The minimum Gasteiger partial charge on any atom is -0.463 e. The molecule has 24 nitrogen and oxygen atoms in total. The van der Waals surface area contributed by atoms with Gasteiger partial charge in [-0.3, -0.25) is 23.4 Å². The molecular formula is C66H121O24P. The van der Waals surface area contributed by atoms with Gasteiger partial charge in [-0.05, 0) is 44.9 Å². The van der Waals surface area contributed by atoms with Crippen molar-refractivity contribution >= 4 is 25.7 Å². The average molecular weight is 1330 g/mol. The first-order valence-corrected chi connectivity index (χ1v) is 36.5. The lowest BCUT2D eigenvalue weighted by Crippen LogP contribution is -2.69. The molecular weight excluding hydrogens is 1210 g/mol. The number of carbonyl (C=O) groups excluding carboxylic acids is 3. The van der Waals surface area contributed by atoms with Crippen molar-refractivity contribution in [3.63, 3.8) is 0 Å². The van der Waals surface area contributed by atoms with E-state index in [1.807, 2.05) is 0 Å². The molecule has 0 amide bonds. The van der Waals surface area contributed by atoms with Crippen LogP contribution in [0.4, 0.5) is 0 Å². The molecule has 0 aromatic heterocycles. The highest BCUT2D eigenvalue weighted by molar-refractivity contribution is 7.47. The van der Waals surface area contributed by atoms with E-state index < -0.39 is 156 Å². The quantitative estimate of drug-likeness (QED) is 0.00902. The minimum absolute atomic E-state index is 0.0273. The molecule has 0 aromatic rings. The summed E-state index contributed by atoms with van der Waals surface area (Å²) in [7, 11) is -5.69. The van der Waals surface area contributed by atoms with Gasteiger partial charge in [0, 0.05) is 19.3 Å². The van der Waals surface area contributed by atoms with Crippen molar-refractivity contribution in [1.29, 1.82) is 0 Å². The van der Waals surface area contributed by atoms with E-state index in [0.717, 1.165) is 96.3 Å². The smallest absolute Gasteiger partial charge is 0.463 e. The molecule has 3 fully saturated rings. The Morgan fingerprint density at radius 2 is 0.769 bits per heavy atom. The molecule has 534 valence electrons. The zero-order valence-electron chi connectivity index (χ0n) is 55.1. The molecule has 2 aliphatic heterocycles. The maximum absolute atomic E-state index is 14.3. The largest absolute Gasteiger partial charge is 0.472 e. The van der Waals surface area contributed by atoms with E-state index >= 15 is 0 Å². The fourth-order valence-corrected chi connectivity index (χ4v) is 12.5. The number of phosphoric ester groups is 1. The molecule has 0 spiro atoms. The van der Waals surface area contributed by atoms with E-state index in [1.165, 1.54) is 103 Å². The third-order valence-electron chi connectivity index (χ3n) is 17.3. The predicted octanol–water partition coefficient (Wildman–Crippen LogP) is 8.01. The number of carbonyl (C=O) groups is 3. The highest BCUT2D eigenvalue weighted by Crippen LogP contribution is 2.49. The maximum Gasteiger partial charge on any atom is 0.472 e. The Kier molecular flexibility index (Phi) is 44.9. The Bertz CT molecular complexity index is 1950. The summed E-state index contributed by atoms with van der Waals surface area (Å²) in [6.07, 6.45) is 4.70. The molecule has 18 unspecified atom stereocenters. The van der Waals surface area contributed by atoms with Crippen LogP contribution in [0, 0.1) is 0 Å². The average Bonchev–Trinajstić information content (AvgIpc) is 0.801. The topological polar surface area (TPSA) is 374 Å². The van der Waals surface area contributed by atoms with Gasteiger partial charge in [-0.25, -0.2) is 4.57 Å². The number of aliphatic hydroxyl groups excluding tert-OH is 10. The van der Waals surface area contributed by atoms with Crippen molar-refractivity contribution < 1.29 is 117 Å². The van der Waals surface area contributed by atoms with E-state index in [4.69, 9.17) is 42.2 Å². The molecule has 1 aliphatic carbocycles. The Balaban J connectivity index is 1.77. The standard InChI is InChI=1S/C66H121O24P/c1-4-7-10-13-16-19-22-24-27-29-31-34-37-40-50(68)82-44-47(85-52(70)42-39-36-33-30-25-21-18-15-12-9-6-3)45-84-91(80,81)90-64-62(88-65-60(78)55(73)53(71)48(43-67)86-65)58(76)57(75)59(77)63(64)89-66-61(79)56(74)54(72)49(87-66)46-83-51(69)41-38-35-32-28-26-23-20-17-14-11-8-5-2/h24,27,47-49,53-67,71-79H,4-23,25-26,28-46H2,1-3H3,(H,80,81)/b27-24-. The first-order chi connectivity index (χ1) is 43.8. The zero-order valence-corrected chi connectivity index (χ0v) is 56.0. The second-order valence-corrected chi connectivity index (χ2v) is 26.7. The van der Waals surface area contributed by atoms with Crippen LogP contribution >= 0.6 is 7.82 Å². The van der Waals surface area contributed by atoms with Gasteiger partial charge >= 0.3 is 25.7 Å². The molecule has 25 heteroatoms. The first kappa shape index (κ1) is 82.9. The van der Waals surface area contributed by atoms with Crippen LogP contribution in [0.5, 0.6) is 0 Å². The van der Waals surface area contributed by atoms with Crippen molar-refractivity contribution in [3.05, 3.63) is 12.2 Å². The summed E-state index contributed by atoms with van der Waals surface area (Å²) in [6, 6.07) is 0. The summed E-state index contributed by atoms with van der Waals surface area (Å²) in [5, 5.41) is 110. The molecule has 18 atom stereocenters. The molecule has 3 aliphatic rings. The molecule has 2 saturated heterocycles. The number of ether oxygens (including phenoxy) is 7. The summed E-state index contributed by atoms with van der Waals surface area (Å²) in [4.78, 5) is 50.7. The van der Waals surface area contributed by atoms with Crippen molar-refractivity contribution in [2.24, 2.45) is 0 Å². The van der Waals surface area contributed by atoms with Gasteiger partial charge in [-0.15, -0.1) is 0 Å². The first-order valence-electron chi connectivity index (χ1n) is 35.0. The Morgan fingerprint density at radius 3 is 1.20 bits per heavy atom. The third kappa shape index (κ3) is 33.5. The lowest BCUT2D eigenvalue weighted by atomic mass is 9.84. The lowest BCUT2D eigenvalue weighted by Gasteiger charge is -2.49. The van der Waals surface area contributed by atoms with E-state index in [9.17, 15) is 74.9 Å². The van der Waals surface area contributed by atoms with Crippen molar-refractivity contribution in [2.75, 3.05) is 26.4 Å². The van der Waals surface area contributed by atoms with Crippen LogP contribution in [-0.2, 0) is 61.2 Å². The predicted molar refractivity (Wildman–Crippen MR) is 338 cm³/mol. The molecule has 91 heavy (non-hydrogen) atoms. The summed E-state index contributed by atoms with van der Waals surface area (Å²) in [5.41, 5.74) is 0. The fourth-order valence-electron chi connectivity index (χ4n) is 11.5. The number of hydrogen-bond acceptors (Lipinski definition) is 23. The van der Waals surface area contributed by atoms with Crippen LogP contribution in [0.25, 0.3) is 0 Å². The number of rotatable bonds is 53. The number of allylic oxidation sites excluding steroid dienone is 2. The van der Waals surface area contributed by atoms with Crippen LogP contribution in [0.15, 0.2) is 12.2 Å². The van der Waals surface area contributed by atoms with Gasteiger partial charge in [-0.1, -0.05) is 206 Å². The van der Waals surface area contributed by atoms with E-state index in [-0.39, 0.29) is 19.3 Å². The minimum atomic E-state index is -5.69. The number of unbranched alkanes of at least 4 members (excludes halogenated alkanes) is 30. The monoisotopic (exact) mass is 1330 g/mol. The van der Waals surface area contributed by atoms with E-state index in [1.54, 1.807) is 0 Å². The fraction of sp³-hybridized carbons (Fsp3) is 0.924. The van der Waals surface area contributed by atoms with Crippen molar-refractivity contribution in [3.8, 4) is 0 Å². The highest BCUT2D eigenvalue weighted by Gasteiger charge is 2.58. The molecule has 0 radical (unpaired) electrons. The van der Waals surface area contributed by atoms with Gasteiger partial charge in [0.1, 0.15) is 98.7 Å². The molecule has 11 N–H and O–H groups in total. The lowest BCUT2D eigenvalue weighted by molar-refractivity contribution is -0.360. The SMILES string of the molecule is CCCCCCCC/C=C\CCCCCC(=O)OCC(COP(=O)(O)OC1C(OC2OC(CO)C(O)C(O)C2O)C(O)C(O)C(O)C1OC1OC(COC(=O)CCCCCCCCCCCCCC)C(O)C(O)C1O)OC(=O)CCCCCCCCCCCCC. The molecule has 2 heterocycles. The maximum atomic E-state index is 14.3. The van der Waals surface area contributed by atoms with Crippen LogP contribution in [-0.4, -0.2) is 204 Å². The number of aliphatic hydroxyl groups is 10. The molecule has 3 rings (SSSR count). The normalized spacial score (nSPS) is 28.9. The van der Waals surface area contributed by atoms with E-state index in [2.05, 4.69) is 32.9 Å². The summed E-state index contributed by atoms with van der Waals surface area (Å²) in [5.74, 6) is -2.01. The Labute approximate surface area is 542 Å². The van der Waals surface area contributed by atoms with Crippen LogP contribution in [0.2, 0.25) is 0 Å². The van der Waals surface area contributed by atoms with Crippen molar-refractivity contribution in [1.82, 2.24) is 0 Å². The molecule has 0 aromatic carbocycles. The van der Waals surface area contributed by atoms with Gasteiger partial charge in [0.2, 0.25) is 0 Å².